The van der Waals surface area contributed by atoms with Crippen LogP contribution in [-0.4, -0.2) is 62.0 Å². The lowest BCUT2D eigenvalue weighted by Gasteiger charge is -2.29. The largest absolute Gasteiger partial charge is 0.452 e. The molecular weight excluding hydrogens is 254 g/mol. The van der Waals surface area contributed by atoms with Gasteiger partial charge in [-0.1, -0.05) is 0 Å². The molecule has 0 unspecified atom stereocenters. The summed E-state index contributed by atoms with van der Waals surface area (Å²) in [4.78, 5) is 16.1. The number of nitrogens with zero attached hydrogens (tertiary/aromatic N) is 2. The Hall–Kier alpha value is -1.04. The van der Waals surface area contributed by atoms with Crippen molar-refractivity contribution in [2.75, 3.05) is 46.3 Å². The molecule has 2 rings (SSSR count). The van der Waals surface area contributed by atoms with Gasteiger partial charge in [-0.2, -0.15) is 0 Å². The summed E-state index contributed by atoms with van der Waals surface area (Å²) in [5, 5.41) is 3.46. The van der Waals surface area contributed by atoms with Gasteiger partial charge in [0.05, 0.1) is 11.8 Å². The van der Waals surface area contributed by atoms with E-state index in [1.807, 2.05) is 0 Å². The molecule has 5 nitrogen and oxygen atoms in total. The Morgan fingerprint density at radius 3 is 2.89 bits per heavy atom. The van der Waals surface area contributed by atoms with Gasteiger partial charge >= 0.3 is 0 Å². The smallest absolute Gasteiger partial charge is 0.258 e. The van der Waals surface area contributed by atoms with E-state index in [-0.39, 0.29) is 11.1 Å². The standard InChI is InChI=1S/C12H18ClN3O2/c1-15(7-8-16-5-3-14-4-6-16)12(17)10-2-9-18-11(10)13/h2,9,14H,3-8H2,1H3. The monoisotopic (exact) mass is 271 g/mol. The fourth-order valence-corrected chi connectivity index (χ4v) is 2.17. The molecule has 1 aliphatic heterocycles. The summed E-state index contributed by atoms with van der Waals surface area (Å²) < 4.78 is 4.93. The molecular formula is C12H18ClN3O2. The number of carbonyl (C=O) groups excluding carboxylic acids is 1. The molecule has 0 aromatic carbocycles. The summed E-state index contributed by atoms with van der Waals surface area (Å²) in [5.74, 6) is -0.0936. The van der Waals surface area contributed by atoms with Gasteiger partial charge in [-0.05, 0) is 17.7 Å². The molecule has 0 spiro atoms. The van der Waals surface area contributed by atoms with E-state index in [2.05, 4.69) is 10.2 Å². The average molecular weight is 272 g/mol. The molecule has 100 valence electrons. The highest BCUT2D eigenvalue weighted by molar-refractivity contribution is 6.32. The predicted octanol–water partition coefficient (Wildman–Crippen LogP) is 0.910. The van der Waals surface area contributed by atoms with E-state index in [0.717, 1.165) is 32.7 Å². The van der Waals surface area contributed by atoms with Crippen LogP contribution >= 0.6 is 11.6 Å². The van der Waals surface area contributed by atoms with Gasteiger partial charge in [0, 0.05) is 46.3 Å². The minimum Gasteiger partial charge on any atom is -0.452 e. The summed E-state index contributed by atoms with van der Waals surface area (Å²) in [7, 11) is 1.79. The topological polar surface area (TPSA) is 48.7 Å². The van der Waals surface area contributed by atoms with Crippen LogP contribution in [0.15, 0.2) is 16.7 Å². The van der Waals surface area contributed by atoms with Crippen LogP contribution in [-0.2, 0) is 0 Å². The van der Waals surface area contributed by atoms with E-state index < -0.39 is 0 Å². The molecule has 18 heavy (non-hydrogen) atoms. The van der Waals surface area contributed by atoms with Crippen LogP contribution in [0.2, 0.25) is 5.22 Å². The minimum absolute atomic E-state index is 0.0936. The Labute approximate surface area is 112 Å². The zero-order valence-electron chi connectivity index (χ0n) is 10.5. The van der Waals surface area contributed by atoms with Crippen molar-refractivity contribution in [3.63, 3.8) is 0 Å². The van der Waals surface area contributed by atoms with Gasteiger partial charge in [0.2, 0.25) is 5.22 Å². The number of hydrogen-bond acceptors (Lipinski definition) is 4. The van der Waals surface area contributed by atoms with Crippen LogP contribution in [0.25, 0.3) is 0 Å². The van der Waals surface area contributed by atoms with E-state index in [1.54, 1.807) is 18.0 Å². The Morgan fingerprint density at radius 1 is 1.56 bits per heavy atom. The summed E-state index contributed by atoms with van der Waals surface area (Å²) in [6.45, 7) is 5.69. The number of amides is 1. The molecule has 0 bridgehead atoms. The molecule has 0 saturated carbocycles. The Kier molecular flexibility index (Phi) is 4.63. The van der Waals surface area contributed by atoms with Gasteiger partial charge in [-0.15, -0.1) is 0 Å². The van der Waals surface area contributed by atoms with Gasteiger partial charge in [0.25, 0.3) is 5.91 Å². The van der Waals surface area contributed by atoms with Gasteiger partial charge in [0.15, 0.2) is 0 Å². The number of halogens is 1. The Balaban J connectivity index is 1.82. The summed E-state index contributed by atoms with van der Waals surface area (Å²) in [6.07, 6.45) is 1.43. The normalized spacial score (nSPS) is 16.8. The van der Waals surface area contributed by atoms with Gasteiger partial charge in [-0.3, -0.25) is 9.69 Å². The van der Waals surface area contributed by atoms with Crippen LogP contribution < -0.4 is 5.32 Å². The van der Waals surface area contributed by atoms with Gasteiger partial charge in [-0.25, -0.2) is 0 Å². The molecule has 0 radical (unpaired) electrons. The zero-order valence-corrected chi connectivity index (χ0v) is 11.2. The van der Waals surface area contributed by atoms with Crippen LogP contribution in [0.4, 0.5) is 0 Å². The van der Waals surface area contributed by atoms with E-state index in [0.29, 0.717) is 12.1 Å². The van der Waals surface area contributed by atoms with E-state index in [1.165, 1.54) is 6.26 Å². The Morgan fingerprint density at radius 2 is 2.28 bits per heavy atom. The van der Waals surface area contributed by atoms with Crippen molar-refractivity contribution in [1.82, 2.24) is 15.1 Å². The van der Waals surface area contributed by atoms with E-state index in [9.17, 15) is 4.79 Å². The number of likely N-dealkylation sites (N-methyl/N-ethyl adjacent to an activating group) is 1. The molecule has 1 aromatic rings. The molecule has 1 fully saturated rings. The fraction of sp³-hybridized carbons (Fsp3) is 0.583. The SMILES string of the molecule is CN(CCN1CCNCC1)C(=O)c1ccoc1Cl. The van der Waals surface area contributed by atoms with Crippen LogP contribution in [0.5, 0.6) is 0 Å². The molecule has 2 heterocycles. The minimum atomic E-state index is -0.0936. The fourth-order valence-electron chi connectivity index (χ4n) is 1.98. The zero-order chi connectivity index (χ0) is 13.0. The van der Waals surface area contributed by atoms with Crippen LogP contribution in [0, 0.1) is 0 Å². The third kappa shape index (κ3) is 3.25. The van der Waals surface area contributed by atoms with E-state index >= 15 is 0 Å². The van der Waals surface area contributed by atoms with Crippen molar-refractivity contribution >= 4 is 17.5 Å². The molecule has 1 saturated heterocycles. The number of hydrogen-bond donors (Lipinski definition) is 1. The molecule has 1 aliphatic rings. The second-order valence-electron chi connectivity index (χ2n) is 4.43. The Bertz CT molecular complexity index is 402. The highest BCUT2D eigenvalue weighted by atomic mass is 35.5. The predicted molar refractivity (Wildman–Crippen MR) is 70.0 cm³/mol. The summed E-state index contributed by atoms with van der Waals surface area (Å²) in [5.41, 5.74) is 0.430. The molecule has 1 aromatic heterocycles. The molecule has 1 N–H and O–H groups in total. The summed E-state index contributed by atoms with van der Waals surface area (Å²) in [6, 6.07) is 1.60. The number of rotatable bonds is 4. The highest BCUT2D eigenvalue weighted by Crippen LogP contribution is 2.18. The second kappa shape index (κ2) is 6.22. The lowest BCUT2D eigenvalue weighted by Crippen LogP contribution is -2.46. The number of nitrogens with one attached hydrogen (secondary N) is 1. The van der Waals surface area contributed by atoms with E-state index in [4.69, 9.17) is 16.0 Å². The quantitative estimate of drug-likeness (QED) is 0.884. The maximum atomic E-state index is 12.0. The first-order chi connectivity index (χ1) is 8.68. The van der Waals surface area contributed by atoms with Crippen molar-refractivity contribution < 1.29 is 9.21 Å². The average Bonchev–Trinajstić information content (AvgIpc) is 2.82. The maximum absolute atomic E-state index is 12.0. The third-order valence-electron chi connectivity index (χ3n) is 3.16. The first-order valence-electron chi connectivity index (χ1n) is 6.10. The van der Waals surface area contributed by atoms with Crippen molar-refractivity contribution in [3.05, 3.63) is 23.1 Å². The van der Waals surface area contributed by atoms with Crippen molar-refractivity contribution in [3.8, 4) is 0 Å². The molecule has 6 heteroatoms. The van der Waals surface area contributed by atoms with Crippen LogP contribution in [0.3, 0.4) is 0 Å². The number of furan rings is 1. The lowest BCUT2D eigenvalue weighted by atomic mass is 10.3. The van der Waals surface area contributed by atoms with Crippen molar-refractivity contribution in [2.45, 2.75) is 0 Å². The highest BCUT2D eigenvalue weighted by Gasteiger charge is 2.18. The van der Waals surface area contributed by atoms with Gasteiger partial charge < -0.3 is 14.6 Å². The number of carbonyl (C=O) groups is 1. The molecule has 0 atom stereocenters. The maximum Gasteiger partial charge on any atom is 0.258 e. The van der Waals surface area contributed by atoms with Gasteiger partial charge in [0.1, 0.15) is 0 Å². The van der Waals surface area contributed by atoms with Crippen LogP contribution in [0.1, 0.15) is 10.4 Å². The second-order valence-corrected chi connectivity index (χ2v) is 4.77. The molecule has 1 amide bonds. The lowest BCUT2D eigenvalue weighted by molar-refractivity contribution is 0.0774. The number of piperazine rings is 1. The van der Waals surface area contributed by atoms with Crippen molar-refractivity contribution in [1.29, 1.82) is 0 Å². The van der Waals surface area contributed by atoms with Crippen molar-refractivity contribution in [2.24, 2.45) is 0 Å². The third-order valence-corrected chi connectivity index (χ3v) is 3.45. The first-order valence-corrected chi connectivity index (χ1v) is 6.48. The first kappa shape index (κ1) is 13.4. The molecule has 0 aliphatic carbocycles. The summed E-state index contributed by atoms with van der Waals surface area (Å²) >= 11 is 5.79.